The van der Waals surface area contributed by atoms with Gasteiger partial charge >= 0.3 is 0 Å². The van der Waals surface area contributed by atoms with Crippen LogP contribution in [0.5, 0.6) is 0 Å². The molecular formula is C19H19B15N. The van der Waals surface area contributed by atoms with E-state index in [4.69, 9.17) is 74.9 Å². The summed E-state index contributed by atoms with van der Waals surface area (Å²) in [5, 5.41) is 7.52. The van der Waals surface area contributed by atoms with Crippen LogP contribution in [0.1, 0.15) is 43.7 Å². The number of nitrogens with zero attached hydrogens (tertiary/aromatic N) is 1. The fourth-order valence-corrected chi connectivity index (χ4v) is 4.30. The fourth-order valence-electron chi connectivity index (χ4n) is 4.30. The van der Waals surface area contributed by atoms with Gasteiger partial charge in [-0.25, -0.2) is 0 Å². The normalized spacial score (nSPS) is 11.1. The first-order valence-corrected chi connectivity index (χ1v) is 11.7. The lowest BCUT2D eigenvalue weighted by atomic mass is 8.60. The van der Waals surface area contributed by atoms with Crippen molar-refractivity contribution in [1.29, 1.82) is 5.26 Å². The zero-order chi connectivity index (χ0) is 26.8. The molecule has 0 aliphatic rings. The topological polar surface area (TPSA) is 23.8 Å². The molecule has 1 nitrogen and oxygen atoms in total. The average Bonchev–Trinajstić information content (AvgIpc) is 2.82. The van der Waals surface area contributed by atoms with E-state index in [2.05, 4.69) is 44.2 Å². The standard InChI is InChI=1S/C18H19N.CB15/c1-3-4-14(2)16-9-11-18(12-10-16)17-7-5-15(13-19)6-8-17;2-11-15(16(9)10)1(12(3)4,13(5)6)14(7)8/h5-12,14H,3-4H2,1-2H3;. The third-order valence-corrected chi connectivity index (χ3v) is 6.48. The van der Waals surface area contributed by atoms with Gasteiger partial charge in [-0.15, -0.1) is 0 Å². The van der Waals surface area contributed by atoms with Gasteiger partial charge in [-0.05, 0) is 41.2 Å². The van der Waals surface area contributed by atoms with Crippen molar-refractivity contribution in [2.24, 2.45) is 0 Å². The second kappa shape index (κ2) is 15.2. The van der Waals surface area contributed by atoms with Crippen molar-refractivity contribution in [2.45, 2.75) is 37.6 Å². The third kappa shape index (κ3) is 8.20. The van der Waals surface area contributed by atoms with E-state index in [0.29, 0.717) is 11.5 Å². The number of nitriles is 1. The van der Waals surface area contributed by atoms with Crippen molar-refractivity contribution in [3.05, 3.63) is 59.7 Å². The molecule has 0 saturated heterocycles. The summed E-state index contributed by atoms with van der Waals surface area (Å²) in [6.07, 6.45) is 1.58. The quantitative estimate of drug-likeness (QED) is 0.479. The maximum absolute atomic E-state index is 8.80. The van der Waals surface area contributed by atoms with Gasteiger partial charge in [0.2, 0.25) is 0 Å². The summed E-state index contributed by atoms with van der Waals surface area (Å²) in [5.74, 6) is 0.625. The van der Waals surface area contributed by atoms with Crippen LogP contribution in [0.2, 0.25) is 5.01 Å². The smallest absolute Gasteiger partial charge is 0.0991 e. The summed E-state index contributed by atoms with van der Waals surface area (Å²) in [5.41, 5.74) is 4.47. The van der Waals surface area contributed by atoms with Crippen LogP contribution in [0.3, 0.4) is 0 Å². The van der Waals surface area contributed by atoms with E-state index in [1.165, 1.54) is 31.0 Å². The Bertz CT molecular complexity index is 890. The molecule has 2 rings (SSSR count). The lowest BCUT2D eigenvalue weighted by molar-refractivity contribution is 0.665. The molecule has 16 heteroatoms. The molecule has 0 amide bonds. The Hall–Kier alpha value is -1.10. The average molecular weight is 424 g/mol. The maximum Gasteiger partial charge on any atom is 0.0991 e. The minimum Gasteiger partial charge on any atom is -0.192 e. The Kier molecular flexibility index (Phi) is 13.9. The number of benzene rings is 2. The van der Waals surface area contributed by atoms with Crippen LogP contribution in [-0.2, 0) is 0 Å². The van der Waals surface area contributed by atoms with Gasteiger partial charge < -0.3 is 0 Å². The Labute approximate surface area is 228 Å². The molecular weight excluding hydrogens is 404 g/mol. The van der Waals surface area contributed by atoms with Crippen LogP contribution in [0, 0.1) is 11.3 Å². The zero-order valence-corrected chi connectivity index (χ0v) is 20.7. The van der Waals surface area contributed by atoms with Crippen LogP contribution >= 0.6 is 0 Å². The van der Waals surface area contributed by atoms with Crippen molar-refractivity contribution in [1.82, 2.24) is 0 Å². The molecule has 2 aromatic carbocycles. The van der Waals surface area contributed by atoms with Gasteiger partial charge in [0.1, 0.15) is 0 Å². The molecule has 0 aromatic heterocycles. The second-order valence-electron chi connectivity index (χ2n) is 8.87. The largest absolute Gasteiger partial charge is 0.192 e. The van der Waals surface area contributed by atoms with E-state index < -0.39 is 37.4 Å². The van der Waals surface area contributed by atoms with E-state index in [1.807, 2.05) is 24.3 Å². The lowest BCUT2D eigenvalue weighted by Gasteiger charge is -2.53. The van der Waals surface area contributed by atoms with Crippen LogP contribution in [-0.4, -0.2) is 109 Å². The Morgan fingerprint density at radius 1 is 0.829 bits per heavy atom. The summed E-state index contributed by atoms with van der Waals surface area (Å²) < 4.78 is 0. The van der Waals surface area contributed by atoms with Crippen molar-refractivity contribution >= 4 is 109 Å². The summed E-state index contributed by atoms with van der Waals surface area (Å²) in [7, 11) is 51.8. The van der Waals surface area contributed by atoms with Gasteiger partial charge in [-0.1, -0.05) is 56.7 Å². The molecule has 1 atom stereocenters. The monoisotopic (exact) mass is 426 g/mol. The number of rotatable bonds is 10. The highest BCUT2D eigenvalue weighted by Gasteiger charge is 2.46. The van der Waals surface area contributed by atoms with Gasteiger partial charge in [-0.2, -0.15) is 10.3 Å². The molecule has 0 fully saturated rings. The van der Waals surface area contributed by atoms with E-state index in [-0.39, 0.29) is 0 Å². The molecule has 0 aliphatic carbocycles. The van der Waals surface area contributed by atoms with Gasteiger partial charge in [0, 0.05) is 109 Å². The van der Waals surface area contributed by atoms with E-state index in [9.17, 15) is 0 Å². The minimum atomic E-state index is -1.27. The SMILES string of the molecule is CCCC(C)c1ccc(-c2ccc(C#N)cc2)cc1.[B][B]B(B([B])[B])C(B([B])[B])(B([B])[B])B([B])[B]. The molecule has 35 heavy (non-hydrogen) atoms. The number of hydrogen-bond acceptors (Lipinski definition) is 1. The second-order valence-corrected chi connectivity index (χ2v) is 8.87. The van der Waals surface area contributed by atoms with Gasteiger partial charge in [0.25, 0.3) is 0 Å². The molecule has 0 bridgehead atoms. The molecule has 145 valence electrons. The van der Waals surface area contributed by atoms with E-state index in [0.717, 1.165) is 5.56 Å². The molecule has 0 aliphatic heterocycles. The highest BCUT2D eigenvalue weighted by atomic mass is 14.2. The van der Waals surface area contributed by atoms with Gasteiger partial charge in [0.05, 0.1) is 11.6 Å². The highest BCUT2D eigenvalue weighted by Crippen LogP contribution is 2.33. The fraction of sp³-hybridized carbons (Fsp3) is 0.316. The van der Waals surface area contributed by atoms with Crippen LogP contribution in [0.4, 0.5) is 0 Å². The van der Waals surface area contributed by atoms with Crippen LogP contribution in [0.25, 0.3) is 11.1 Å². The third-order valence-electron chi connectivity index (χ3n) is 6.48. The Morgan fingerprint density at radius 3 is 1.54 bits per heavy atom. The predicted molar refractivity (Wildman–Crippen MR) is 169 cm³/mol. The highest BCUT2D eigenvalue weighted by molar-refractivity contribution is 7.80. The predicted octanol–water partition coefficient (Wildman–Crippen LogP) is -0.368. The summed E-state index contributed by atoms with van der Waals surface area (Å²) in [6.45, 7) is 0.778. The summed E-state index contributed by atoms with van der Waals surface area (Å²) in [4.78, 5) is 0. The molecule has 0 N–H and O–H groups in total. The van der Waals surface area contributed by atoms with Gasteiger partial charge in [0.15, 0.2) is 0 Å². The van der Waals surface area contributed by atoms with Crippen LogP contribution < -0.4 is 0 Å². The molecule has 1 unspecified atom stereocenters. The maximum atomic E-state index is 8.80. The van der Waals surface area contributed by atoms with E-state index in [1.54, 1.807) is 0 Å². The van der Waals surface area contributed by atoms with Crippen molar-refractivity contribution in [2.75, 3.05) is 0 Å². The first kappa shape index (κ1) is 31.9. The lowest BCUT2D eigenvalue weighted by Crippen LogP contribution is -2.71. The van der Waals surface area contributed by atoms with Crippen molar-refractivity contribution in [3.63, 3.8) is 0 Å². The molecule has 19 radical (unpaired) electrons. The van der Waals surface area contributed by atoms with Crippen LogP contribution in [0.15, 0.2) is 48.5 Å². The minimum absolute atomic E-state index is 0.625. The zero-order valence-electron chi connectivity index (χ0n) is 20.7. The van der Waals surface area contributed by atoms with Crippen molar-refractivity contribution < 1.29 is 0 Å². The molecule has 0 saturated carbocycles. The Balaban J connectivity index is 0.000000357. The summed E-state index contributed by atoms with van der Waals surface area (Å²) >= 11 is 0. The van der Waals surface area contributed by atoms with Crippen molar-refractivity contribution in [3.8, 4) is 17.2 Å². The summed E-state index contributed by atoms with van der Waals surface area (Å²) in [6, 6.07) is 18.6. The van der Waals surface area contributed by atoms with E-state index >= 15 is 0 Å². The molecule has 0 heterocycles. The first-order valence-electron chi connectivity index (χ1n) is 11.7. The first-order chi connectivity index (χ1) is 16.5. The Morgan fingerprint density at radius 2 is 1.26 bits per heavy atom. The number of hydrogen-bond donors (Lipinski definition) is 0. The molecule has 0 spiro atoms. The molecule has 2 aromatic rings. The van der Waals surface area contributed by atoms with Gasteiger partial charge in [-0.3, -0.25) is 0 Å².